The number of benzene rings is 1. The molecule has 1 heterocycles. The average molecular weight is 448 g/mol. The molecule has 174 valence electrons. The summed E-state index contributed by atoms with van der Waals surface area (Å²) in [5.41, 5.74) is 4.75. The second-order valence-corrected chi connectivity index (χ2v) is 11.3. The van der Waals surface area contributed by atoms with Crippen LogP contribution in [-0.4, -0.2) is 22.8 Å². The van der Waals surface area contributed by atoms with Gasteiger partial charge in [0.05, 0.1) is 0 Å². The number of allylic oxidation sites excluding steroid dienone is 4. The molecule has 33 heavy (non-hydrogen) atoms. The number of hydrogen-bond acceptors (Lipinski definition) is 2. The Morgan fingerprint density at radius 1 is 1.12 bits per heavy atom. The number of alkyl halides is 1. The summed E-state index contributed by atoms with van der Waals surface area (Å²) in [6.07, 6.45) is 10.0. The number of Topliss-reactive ketones (excluding diaryl/α,β-unsaturated/α-hetero) is 1. The molecule has 2 fully saturated rings. The summed E-state index contributed by atoms with van der Waals surface area (Å²) in [5, 5.41) is 0. The molecule has 0 spiro atoms. The van der Waals surface area contributed by atoms with Crippen molar-refractivity contribution in [2.75, 3.05) is 0 Å². The minimum atomic E-state index is -0.702. The van der Waals surface area contributed by atoms with E-state index in [2.05, 4.69) is 31.2 Å². The first-order valence-corrected chi connectivity index (χ1v) is 12.9. The molecule has 0 N–H and O–H groups in total. The highest BCUT2D eigenvalue weighted by Gasteiger charge is 2.56. The van der Waals surface area contributed by atoms with Crippen molar-refractivity contribution in [3.05, 3.63) is 58.7 Å². The smallest absolute Gasteiger partial charge is 0.223 e. The molecule has 0 aromatic heterocycles. The number of amides is 1. The average Bonchev–Trinajstić information content (AvgIpc) is 3.36. The third-order valence-electron chi connectivity index (χ3n) is 9.58. The molecule has 3 nitrogen and oxygen atoms in total. The van der Waals surface area contributed by atoms with Crippen molar-refractivity contribution in [3.8, 4) is 0 Å². The molecular formula is C29H34FNO2. The predicted octanol–water partition coefficient (Wildman–Crippen LogP) is 5.94. The number of fused-ring (bicyclic) bond motifs is 5. The van der Waals surface area contributed by atoms with E-state index in [-0.39, 0.29) is 23.7 Å². The lowest BCUT2D eigenvalue weighted by molar-refractivity contribution is -0.132. The lowest BCUT2D eigenvalue weighted by atomic mass is 9.57. The molecule has 6 rings (SSSR count). The molecule has 1 aliphatic heterocycles. The monoisotopic (exact) mass is 447 g/mol. The van der Waals surface area contributed by atoms with Crippen LogP contribution in [0.5, 0.6) is 0 Å². The van der Waals surface area contributed by atoms with Crippen LogP contribution in [0.2, 0.25) is 0 Å². The third kappa shape index (κ3) is 3.35. The fourth-order valence-electron chi connectivity index (χ4n) is 7.89. The van der Waals surface area contributed by atoms with Crippen LogP contribution in [0.1, 0.15) is 69.4 Å². The van der Waals surface area contributed by atoms with Crippen LogP contribution < -0.4 is 0 Å². The topological polar surface area (TPSA) is 37.4 Å². The zero-order valence-corrected chi connectivity index (χ0v) is 19.6. The molecule has 0 radical (unpaired) electrons. The second kappa shape index (κ2) is 7.92. The van der Waals surface area contributed by atoms with Crippen molar-refractivity contribution < 1.29 is 14.0 Å². The summed E-state index contributed by atoms with van der Waals surface area (Å²) in [6.45, 7) is 3.52. The SMILES string of the molecule is C[C@]12C=CC3=C4CCCC(F)C4CCC3C1[C@H](CCC(=O)N1Cc3ccccc3C1)CC2=O. The molecule has 5 aliphatic rings. The Bertz CT molecular complexity index is 1030. The Morgan fingerprint density at radius 3 is 2.61 bits per heavy atom. The van der Waals surface area contributed by atoms with Gasteiger partial charge < -0.3 is 4.90 Å². The zero-order chi connectivity index (χ0) is 22.7. The van der Waals surface area contributed by atoms with Gasteiger partial charge in [0, 0.05) is 37.3 Å². The highest BCUT2D eigenvalue weighted by Crippen LogP contribution is 2.59. The van der Waals surface area contributed by atoms with E-state index in [1.807, 2.05) is 17.0 Å². The van der Waals surface area contributed by atoms with Crippen molar-refractivity contribution in [3.63, 3.8) is 0 Å². The van der Waals surface area contributed by atoms with Gasteiger partial charge >= 0.3 is 0 Å². The second-order valence-electron chi connectivity index (χ2n) is 11.3. The van der Waals surface area contributed by atoms with Crippen LogP contribution in [0.25, 0.3) is 0 Å². The van der Waals surface area contributed by atoms with Crippen molar-refractivity contribution in [1.29, 1.82) is 0 Å². The molecule has 1 aromatic carbocycles. The summed E-state index contributed by atoms with van der Waals surface area (Å²) >= 11 is 0. The first-order valence-electron chi connectivity index (χ1n) is 12.9. The van der Waals surface area contributed by atoms with E-state index in [0.29, 0.717) is 44.1 Å². The van der Waals surface area contributed by atoms with Gasteiger partial charge in [-0.15, -0.1) is 0 Å². The van der Waals surface area contributed by atoms with Gasteiger partial charge in [-0.25, -0.2) is 4.39 Å². The number of carbonyl (C=O) groups is 2. The van der Waals surface area contributed by atoms with Crippen LogP contribution in [-0.2, 0) is 22.7 Å². The maximum atomic E-state index is 14.7. The van der Waals surface area contributed by atoms with Gasteiger partial charge in [0.25, 0.3) is 0 Å². The number of nitrogens with zero attached hydrogens (tertiary/aromatic N) is 1. The maximum absolute atomic E-state index is 14.7. The normalized spacial score (nSPS) is 37.0. The minimum Gasteiger partial charge on any atom is -0.334 e. The van der Waals surface area contributed by atoms with Gasteiger partial charge in [-0.05, 0) is 79.9 Å². The number of hydrogen-bond donors (Lipinski definition) is 0. The van der Waals surface area contributed by atoms with Crippen LogP contribution >= 0.6 is 0 Å². The van der Waals surface area contributed by atoms with Crippen LogP contribution in [0, 0.1) is 29.1 Å². The van der Waals surface area contributed by atoms with Crippen molar-refractivity contribution in [2.45, 2.75) is 77.6 Å². The summed E-state index contributed by atoms with van der Waals surface area (Å²) in [7, 11) is 0. The van der Waals surface area contributed by atoms with E-state index in [1.165, 1.54) is 22.3 Å². The first kappa shape index (κ1) is 21.3. The molecule has 0 bridgehead atoms. The molecule has 4 unspecified atom stereocenters. The van der Waals surface area contributed by atoms with Gasteiger partial charge in [0.15, 0.2) is 0 Å². The summed E-state index contributed by atoms with van der Waals surface area (Å²) in [5.74, 6) is 1.46. The Kier molecular flexibility index (Phi) is 5.12. The molecule has 6 atom stereocenters. The van der Waals surface area contributed by atoms with E-state index in [0.717, 1.165) is 32.1 Å². The first-order chi connectivity index (χ1) is 16.0. The fraction of sp³-hybridized carbons (Fsp3) is 0.586. The van der Waals surface area contributed by atoms with Crippen LogP contribution in [0.4, 0.5) is 4.39 Å². The van der Waals surface area contributed by atoms with E-state index in [1.54, 1.807) is 0 Å². The van der Waals surface area contributed by atoms with Gasteiger partial charge in [0.2, 0.25) is 5.91 Å². The molecule has 0 saturated heterocycles. The van der Waals surface area contributed by atoms with Crippen LogP contribution in [0.3, 0.4) is 0 Å². The van der Waals surface area contributed by atoms with E-state index < -0.39 is 11.6 Å². The van der Waals surface area contributed by atoms with Gasteiger partial charge in [-0.1, -0.05) is 42.0 Å². The molecule has 4 heteroatoms. The number of halogens is 1. The van der Waals surface area contributed by atoms with Gasteiger partial charge in [0.1, 0.15) is 12.0 Å². The van der Waals surface area contributed by atoms with Crippen molar-refractivity contribution in [1.82, 2.24) is 4.90 Å². The highest BCUT2D eigenvalue weighted by atomic mass is 19.1. The molecule has 4 aliphatic carbocycles. The minimum absolute atomic E-state index is 0.0907. The number of rotatable bonds is 3. The Hall–Kier alpha value is -2.23. The maximum Gasteiger partial charge on any atom is 0.223 e. The Balaban J connectivity index is 1.21. The summed E-state index contributed by atoms with van der Waals surface area (Å²) in [6, 6.07) is 8.28. The lowest BCUT2D eigenvalue weighted by Crippen LogP contribution is -2.41. The van der Waals surface area contributed by atoms with Gasteiger partial charge in [-0.2, -0.15) is 0 Å². The lowest BCUT2D eigenvalue weighted by Gasteiger charge is -2.47. The molecule has 1 aromatic rings. The van der Waals surface area contributed by atoms with E-state index in [9.17, 15) is 14.0 Å². The standard InChI is InChI=1S/C29H34FNO2/c1-29-14-13-22-21-7-4-8-25(30)23(21)10-11-24(22)28(29)18(15-26(29)32)9-12-27(33)31-16-19-5-2-3-6-20(19)17-31/h2-3,5-6,13-14,18,23-25,28H,4,7-12,15-17H2,1H3/t18-,23?,24?,25?,28?,29-/m1/s1. The Morgan fingerprint density at radius 2 is 1.85 bits per heavy atom. The van der Waals surface area contributed by atoms with Crippen LogP contribution in [0.15, 0.2) is 47.6 Å². The highest BCUT2D eigenvalue weighted by molar-refractivity contribution is 5.90. The van der Waals surface area contributed by atoms with E-state index >= 15 is 0 Å². The molecule has 1 amide bonds. The number of ketones is 1. The molecular weight excluding hydrogens is 413 g/mol. The van der Waals surface area contributed by atoms with Gasteiger partial charge in [-0.3, -0.25) is 9.59 Å². The zero-order valence-electron chi connectivity index (χ0n) is 19.6. The Labute approximate surface area is 196 Å². The van der Waals surface area contributed by atoms with E-state index in [4.69, 9.17) is 0 Å². The quantitative estimate of drug-likeness (QED) is 0.575. The number of carbonyl (C=O) groups excluding carboxylic acids is 2. The third-order valence-corrected chi connectivity index (χ3v) is 9.58. The molecule has 2 saturated carbocycles. The van der Waals surface area contributed by atoms with Crippen molar-refractivity contribution in [2.24, 2.45) is 29.1 Å². The van der Waals surface area contributed by atoms with Crippen molar-refractivity contribution >= 4 is 11.7 Å². The largest absolute Gasteiger partial charge is 0.334 e. The summed E-state index contributed by atoms with van der Waals surface area (Å²) in [4.78, 5) is 28.2. The fourth-order valence-corrected chi connectivity index (χ4v) is 7.89. The summed E-state index contributed by atoms with van der Waals surface area (Å²) < 4.78 is 14.7. The predicted molar refractivity (Wildman–Crippen MR) is 126 cm³/mol.